The van der Waals surface area contributed by atoms with E-state index in [1.54, 1.807) is 16.9 Å². The summed E-state index contributed by atoms with van der Waals surface area (Å²) in [6.45, 7) is 0. The Hall–Kier alpha value is -2.31. The van der Waals surface area contributed by atoms with Crippen LogP contribution in [0.25, 0.3) is 5.65 Å². The number of nitrogens with zero attached hydrogens (tertiary/aromatic N) is 3. The van der Waals surface area contributed by atoms with Crippen LogP contribution in [-0.2, 0) is 0 Å². The number of nitrogen functional groups attached to an aromatic ring is 1. The smallest absolute Gasteiger partial charge is 0.177 e. The van der Waals surface area contributed by atoms with Crippen LogP contribution in [0.4, 0.5) is 17.2 Å². The fraction of sp³-hybridized carbons (Fsp3) is 0.333. The van der Waals surface area contributed by atoms with Crippen molar-refractivity contribution in [2.45, 2.75) is 37.6 Å². The second kappa shape index (κ2) is 6.54. The number of hydrogen-bond acceptors (Lipinski definition) is 5. The van der Waals surface area contributed by atoms with Crippen LogP contribution in [0.5, 0.6) is 0 Å². The van der Waals surface area contributed by atoms with Crippen molar-refractivity contribution in [3.8, 4) is 0 Å². The summed E-state index contributed by atoms with van der Waals surface area (Å²) < 4.78 is 1.71. The Kier molecular flexibility index (Phi) is 4.23. The molecule has 6 nitrogen and oxygen atoms in total. The third kappa shape index (κ3) is 3.15. The van der Waals surface area contributed by atoms with Gasteiger partial charge in [0.05, 0.1) is 5.69 Å². The molecule has 1 aliphatic carbocycles. The maximum Gasteiger partial charge on any atom is 0.177 e. The molecule has 1 aliphatic rings. The number of nitrogens with two attached hydrogens (primary N) is 2. The molecule has 5 N–H and O–H groups in total. The Morgan fingerprint density at radius 1 is 1.20 bits per heavy atom. The molecule has 0 spiro atoms. The lowest BCUT2D eigenvalue weighted by atomic mass is 9.81. The van der Waals surface area contributed by atoms with Gasteiger partial charge >= 0.3 is 0 Å². The van der Waals surface area contributed by atoms with E-state index in [0.29, 0.717) is 16.8 Å². The number of aromatic nitrogens is 3. The van der Waals surface area contributed by atoms with Crippen molar-refractivity contribution in [2.75, 3.05) is 11.1 Å². The van der Waals surface area contributed by atoms with Crippen molar-refractivity contribution >= 4 is 34.4 Å². The van der Waals surface area contributed by atoms with E-state index in [-0.39, 0.29) is 6.04 Å². The third-order valence-corrected chi connectivity index (χ3v) is 5.12. The fourth-order valence-corrected chi connectivity index (χ4v) is 3.82. The van der Waals surface area contributed by atoms with Gasteiger partial charge in [-0.05, 0) is 49.8 Å². The highest BCUT2D eigenvalue weighted by molar-refractivity contribution is 6.30. The summed E-state index contributed by atoms with van der Waals surface area (Å²) in [7, 11) is 0. The summed E-state index contributed by atoms with van der Waals surface area (Å²) in [5.74, 6) is 0.867. The summed E-state index contributed by atoms with van der Waals surface area (Å²) >= 11 is 6.13. The van der Waals surface area contributed by atoms with E-state index in [1.165, 1.54) is 0 Å². The minimum absolute atomic E-state index is 0.282. The first-order chi connectivity index (χ1) is 12.1. The zero-order valence-corrected chi connectivity index (χ0v) is 14.6. The number of hydrogen-bond donors (Lipinski definition) is 3. The van der Waals surface area contributed by atoms with E-state index in [1.807, 2.05) is 24.3 Å². The van der Waals surface area contributed by atoms with Crippen LogP contribution in [0.15, 0.2) is 36.7 Å². The van der Waals surface area contributed by atoms with Crippen LogP contribution >= 0.6 is 11.6 Å². The van der Waals surface area contributed by atoms with Gasteiger partial charge in [-0.25, -0.2) is 9.50 Å². The molecule has 25 heavy (non-hydrogen) atoms. The Bertz CT molecular complexity index is 898. The molecule has 1 fully saturated rings. The lowest BCUT2D eigenvalue weighted by molar-refractivity contribution is 0.396. The number of nitrogens with one attached hydrogen (secondary N) is 1. The number of imidazole rings is 1. The van der Waals surface area contributed by atoms with Crippen molar-refractivity contribution in [3.05, 3.63) is 47.2 Å². The van der Waals surface area contributed by atoms with E-state index < -0.39 is 0 Å². The van der Waals surface area contributed by atoms with Crippen molar-refractivity contribution in [2.24, 2.45) is 5.73 Å². The average Bonchev–Trinajstić information content (AvgIpc) is 3.04. The zero-order chi connectivity index (χ0) is 17.4. The van der Waals surface area contributed by atoms with Crippen LogP contribution in [0.3, 0.4) is 0 Å². The standard InChI is InChI=1S/C18H21ClN6/c19-12-2-1-3-14(10-12)23-16-15(11-4-6-13(20)7-5-11)17(21)24-25-9-8-22-18(16)25/h1-3,8-11,13,23H,4-7,20H2,(H2,21,24). The van der Waals surface area contributed by atoms with Gasteiger partial charge in [-0.15, -0.1) is 5.10 Å². The maximum absolute atomic E-state index is 6.34. The minimum atomic E-state index is 0.282. The number of rotatable bonds is 3. The van der Waals surface area contributed by atoms with E-state index in [9.17, 15) is 0 Å². The van der Waals surface area contributed by atoms with Crippen molar-refractivity contribution < 1.29 is 0 Å². The van der Waals surface area contributed by atoms with Gasteiger partial charge in [0.2, 0.25) is 0 Å². The van der Waals surface area contributed by atoms with Gasteiger partial charge in [-0.3, -0.25) is 0 Å². The highest BCUT2D eigenvalue weighted by Gasteiger charge is 2.27. The topological polar surface area (TPSA) is 94.3 Å². The van der Waals surface area contributed by atoms with Gasteiger partial charge in [0.1, 0.15) is 5.82 Å². The average molecular weight is 357 g/mol. The van der Waals surface area contributed by atoms with Gasteiger partial charge in [-0.1, -0.05) is 17.7 Å². The molecular weight excluding hydrogens is 336 g/mol. The molecule has 0 atom stereocenters. The zero-order valence-electron chi connectivity index (χ0n) is 13.8. The molecule has 7 heteroatoms. The summed E-state index contributed by atoms with van der Waals surface area (Å²) in [5.41, 5.74) is 16.0. The Morgan fingerprint density at radius 3 is 2.76 bits per heavy atom. The molecule has 4 rings (SSSR count). The second-order valence-electron chi connectivity index (χ2n) is 6.62. The molecule has 130 valence electrons. The summed E-state index contributed by atoms with van der Waals surface area (Å²) in [6, 6.07) is 7.91. The molecular formula is C18H21ClN6. The van der Waals surface area contributed by atoms with Gasteiger partial charge in [0.25, 0.3) is 0 Å². The second-order valence-corrected chi connectivity index (χ2v) is 7.05. The first kappa shape index (κ1) is 16.2. The maximum atomic E-state index is 6.34. The number of benzene rings is 1. The number of fused-ring (bicyclic) bond motifs is 1. The first-order valence-corrected chi connectivity index (χ1v) is 8.90. The van der Waals surface area contributed by atoms with E-state index in [2.05, 4.69) is 15.4 Å². The van der Waals surface area contributed by atoms with Gasteiger partial charge in [-0.2, -0.15) is 0 Å². The van der Waals surface area contributed by atoms with Crippen LogP contribution < -0.4 is 16.8 Å². The van der Waals surface area contributed by atoms with Crippen LogP contribution in [0.2, 0.25) is 5.02 Å². The Balaban J connectivity index is 1.82. The molecule has 0 saturated heterocycles. The lowest BCUT2D eigenvalue weighted by Crippen LogP contribution is -2.26. The molecule has 0 amide bonds. The summed E-state index contributed by atoms with van der Waals surface area (Å²) in [5, 5.41) is 8.63. The monoisotopic (exact) mass is 356 g/mol. The highest BCUT2D eigenvalue weighted by Crippen LogP contribution is 2.41. The van der Waals surface area contributed by atoms with Crippen molar-refractivity contribution in [1.82, 2.24) is 14.6 Å². The predicted molar refractivity (Wildman–Crippen MR) is 101 cm³/mol. The van der Waals surface area contributed by atoms with Gasteiger partial charge in [0, 0.05) is 34.7 Å². The third-order valence-electron chi connectivity index (χ3n) is 4.88. The van der Waals surface area contributed by atoms with E-state index >= 15 is 0 Å². The quantitative estimate of drug-likeness (QED) is 0.665. The summed E-state index contributed by atoms with van der Waals surface area (Å²) in [6.07, 6.45) is 7.55. The molecule has 0 bridgehead atoms. The largest absolute Gasteiger partial charge is 0.382 e. The molecule has 2 heterocycles. The molecule has 1 saturated carbocycles. The molecule has 2 aromatic heterocycles. The Morgan fingerprint density at radius 2 is 2.00 bits per heavy atom. The van der Waals surface area contributed by atoms with E-state index in [0.717, 1.165) is 48.3 Å². The number of anilines is 3. The lowest BCUT2D eigenvalue weighted by Gasteiger charge is -2.28. The molecule has 0 aliphatic heterocycles. The Labute approximate surface area is 151 Å². The van der Waals surface area contributed by atoms with Crippen LogP contribution in [-0.4, -0.2) is 20.6 Å². The first-order valence-electron chi connectivity index (χ1n) is 8.52. The molecule has 1 aromatic carbocycles. The van der Waals surface area contributed by atoms with E-state index in [4.69, 9.17) is 23.1 Å². The highest BCUT2D eigenvalue weighted by atomic mass is 35.5. The molecule has 3 aromatic rings. The number of halogens is 1. The summed E-state index contributed by atoms with van der Waals surface area (Å²) in [4.78, 5) is 4.47. The SMILES string of the molecule is Nc1nn2ccnc2c(Nc2cccc(Cl)c2)c1C1CCC(N)CC1. The van der Waals surface area contributed by atoms with Gasteiger partial charge < -0.3 is 16.8 Å². The molecule has 0 unspecified atom stereocenters. The van der Waals surface area contributed by atoms with Crippen molar-refractivity contribution in [3.63, 3.8) is 0 Å². The van der Waals surface area contributed by atoms with Crippen LogP contribution in [0.1, 0.15) is 37.2 Å². The van der Waals surface area contributed by atoms with Crippen molar-refractivity contribution in [1.29, 1.82) is 0 Å². The normalized spacial score (nSPS) is 20.7. The molecule has 0 radical (unpaired) electrons. The fourth-order valence-electron chi connectivity index (χ4n) is 3.63. The predicted octanol–water partition coefficient (Wildman–Crippen LogP) is 3.69. The van der Waals surface area contributed by atoms with Crippen LogP contribution in [0, 0.1) is 0 Å². The minimum Gasteiger partial charge on any atom is -0.382 e. The van der Waals surface area contributed by atoms with Gasteiger partial charge in [0.15, 0.2) is 5.65 Å².